The van der Waals surface area contributed by atoms with Crippen LogP contribution in [0.3, 0.4) is 0 Å². The van der Waals surface area contributed by atoms with Crippen LogP contribution in [0.25, 0.3) is 0 Å². The van der Waals surface area contributed by atoms with Crippen molar-refractivity contribution < 1.29 is 9.00 Å². The second-order valence-electron chi connectivity index (χ2n) is 3.27. The first-order valence-corrected chi connectivity index (χ1v) is 8.13. The third kappa shape index (κ3) is 4.76. The van der Waals surface area contributed by atoms with Crippen molar-refractivity contribution >= 4 is 44.0 Å². The highest BCUT2D eigenvalue weighted by Gasteiger charge is 2.10. The van der Waals surface area contributed by atoms with Crippen molar-refractivity contribution in [2.24, 2.45) is 0 Å². The van der Waals surface area contributed by atoms with Crippen molar-refractivity contribution in [3.05, 3.63) is 20.8 Å². The van der Waals surface area contributed by atoms with Crippen LogP contribution in [0, 0.1) is 0 Å². The number of hydrogen-bond donors (Lipinski definition) is 1. The van der Waals surface area contributed by atoms with Crippen LogP contribution in [-0.2, 0) is 21.3 Å². The van der Waals surface area contributed by atoms with Gasteiger partial charge in [-0.2, -0.15) is 0 Å². The second kappa shape index (κ2) is 7.19. The average molecular weight is 324 g/mol. The maximum Gasteiger partial charge on any atom is 0.232 e. The van der Waals surface area contributed by atoms with E-state index in [0.29, 0.717) is 12.3 Å². The number of nitrogens with one attached hydrogen (secondary N) is 1. The highest BCUT2D eigenvalue weighted by molar-refractivity contribution is 9.10. The minimum Gasteiger partial charge on any atom is -0.355 e. The van der Waals surface area contributed by atoms with Crippen LogP contribution in [0.4, 0.5) is 0 Å². The van der Waals surface area contributed by atoms with Crippen molar-refractivity contribution in [2.45, 2.75) is 19.1 Å². The molecule has 0 radical (unpaired) electrons. The summed E-state index contributed by atoms with van der Waals surface area (Å²) in [6.07, 6.45) is 0.898. The van der Waals surface area contributed by atoms with E-state index < -0.39 is 10.8 Å². The Morgan fingerprint density at radius 2 is 2.38 bits per heavy atom. The molecular formula is C10H14BrNO2S2. The zero-order valence-corrected chi connectivity index (χ0v) is 12.2. The Bertz CT molecular complexity index is 379. The highest BCUT2D eigenvalue weighted by atomic mass is 79.9. The average Bonchev–Trinajstić information content (AvgIpc) is 2.61. The van der Waals surface area contributed by atoms with Crippen LogP contribution in [0.5, 0.6) is 0 Å². The van der Waals surface area contributed by atoms with Gasteiger partial charge in [-0.15, -0.1) is 11.3 Å². The normalized spacial score (nSPS) is 12.4. The lowest BCUT2D eigenvalue weighted by Crippen LogP contribution is -2.29. The zero-order chi connectivity index (χ0) is 12.0. The first kappa shape index (κ1) is 13.9. The number of rotatable bonds is 6. The lowest BCUT2D eigenvalue weighted by molar-refractivity contribution is -0.118. The zero-order valence-electron chi connectivity index (χ0n) is 8.99. The van der Waals surface area contributed by atoms with E-state index in [2.05, 4.69) is 21.2 Å². The molecule has 0 aliphatic carbocycles. The molecule has 0 saturated carbocycles. The molecule has 0 unspecified atom stereocenters. The van der Waals surface area contributed by atoms with Crippen molar-refractivity contribution in [2.75, 3.05) is 12.3 Å². The monoisotopic (exact) mass is 323 g/mol. The van der Waals surface area contributed by atoms with Gasteiger partial charge in [-0.3, -0.25) is 9.00 Å². The predicted molar refractivity (Wildman–Crippen MR) is 72.0 cm³/mol. The van der Waals surface area contributed by atoms with E-state index in [4.69, 9.17) is 0 Å². The summed E-state index contributed by atoms with van der Waals surface area (Å²) in [5.41, 5.74) is 0. The molecule has 0 bridgehead atoms. The molecule has 0 aliphatic heterocycles. The fourth-order valence-electron chi connectivity index (χ4n) is 1.09. The van der Waals surface area contributed by atoms with Crippen molar-refractivity contribution in [3.8, 4) is 0 Å². The second-order valence-corrected chi connectivity index (χ2v) is 6.58. The predicted octanol–water partition coefficient (Wildman–Crippen LogP) is 2.29. The Kier molecular flexibility index (Phi) is 6.23. The lowest BCUT2D eigenvalue weighted by atomic mass is 10.5. The number of carbonyl (C=O) groups excluding carboxylic acids is 1. The van der Waals surface area contributed by atoms with Crippen LogP contribution in [0.2, 0.25) is 0 Å². The van der Waals surface area contributed by atoms with Gasteiger partial charge in [0.1, 0.15) is 5.75 Å². The number of amides is 1. The van der Waals surface area contributed by atoms with Gasteiger partial charge in [0.15, 0.2) is 0 Å². The molecule has 0 aliphatic rings. The van der Waals surface area contributed by atoms with Crippen LogP contribution in [-0.4, -0.2) is 22.4 Å². The minimum atomic E-state index is -1.12. The first-order chi connectivity index (χ1) is 7.63. The smallest absolute Gasteiger partial charge is 0.232 e. The third-order valence-electron chi connectivity index (χ3n) is 1.85. The van der Waals surface area contributed by atoms with E-state index >= 15 is 0 Å². The van der Waals surface area contributed by atoms with Crippen molar-refractivity contribution in [3.63, 3.8) is 0 Å². The molecule has 1 atom stereocenters. The molecule has 3 nitrogen and oxygen atoms in total. The van der Waals surface area contributed by atoms with E-state index in [1.165, 1.54) is 0 Å². The molecule has 1 N–H and O–H groups in total. The Labute approximate surface area is 110 Å². The molecule has 0 spiro atoms. The molecular weight excluding hydrogens is 310 g/mol. The van der Waals surface area contributed by atoms with Gasteiger partial charge in [-0.1, -0.05) is 6.92 Å². The minimum absolute atomic E-state index is 0.0876. The number of hydrogen-bond acceptors (Lipinski definition) is 3. The standard InChI is InChI=1S/C10H14BrNO2S2/c1-2-4-12-10(13)7-16(14)6-9-8(11)3-5-15-9/h3,5H,2,4,6-7H2,1H3,(H,12,13)/t16-/m0/s1. The molecule has 1 aromatic heterocycles. The molecule has 6 heteroatoms. The van der Waals surface area contributed by atoms with Gasteiger partial charge < -0.3 is 5.32 Å². The number of thiophene rings is 1. The Hall–Kier alpha value is -0.200. The van der Waals surface area contributed by atoms with E-state index in [1.807, 2.05) is 18.4 Å². The number of halogens is 1. The van der Waals surface area contributed by atoms with Crippen LogP contribution < -0.4 is 5.32 Å². The summed E-state index contributed by atoms with van der Waals surface area (Å²) in [6, 6.07) is 1.92. The summed E-state index contributed by atoms with van der Waals surface area (Å²) in [4.78, 5) is 12.3. The Balaban J connectivity index is 2.36. The fourth-order valence-corrected chi connectivity index (χ4v) is 4.16. The summed E-state index contributed by atoms with van der Waals surface area (Å²) >= 11 is 4.93. The van der Waals surface area contributed by atoms with Crippen LogP contribution in [0.1, 0.15) is 18.2 Å². The largest absolute Gasteiger partial charge is 0.355 e. The quantitative estimate of drug-likeness (QED) is 0.873. The summed E-state index contributed by atoms with van der Waals surface area (Å²) < 4.78 is 12.6. The topological polar surface area (TPSA) is 46.2 Å². The summed E-state index contributed by atoms with van der Waals surface area (Å²) in [6.45, 7) is 2.64. The summed E-state index contributed by atoms with van der Waals surface area (Å²) in [7, 11) is -1.12. The molecule has 1 aromatic rings. The molecule has 1 rings (SSSR count). The van der Waals surface area contributed by atoms with Gasteiger partial charge in [-0.25, -0.2) is 0 Å². The van der Waals surface area contributed by atoms with Gasteiger partial charge in [-0.05, 0) is 33.8 Å². The van der Waals surface area contributed by atoms with Gasteiger partial charge in [0, 0.05) is 26.7 Å². The van der Waals surface area contributed by atoms with Crippen LogP contribution in [0.15, 0.2) is 15.9 Å². The lowest BCUT2D eigenvalue weighted by Gasteiger charge is -2.03. The van der Waals surface area contributed by atoms with Gasteiger partial charge in [0.05, 0.1) is 5.75 Å². The van der Waals surface area contributed by atoms with Crippen LogP contribution >= 0.6 is 27.3 Å². The first-order valence-electron chi connectivity index (χ1n) is 4.97. The molecule has 0 fully saturated rings. The summed E-state index contributed by atoms with van der Waals surface area (Å²) in [5.74, 6) is 0.398. The summed E-state index contributed by atoms with van der Waals surface area (Å²) in [5, 5.41) is 4.66. The fraction of sp³-hybridized carbons (Fsp3) is 0.500. The molecule has 0 aromatic carbocycles. The molecule has 1 amide bonds. The van der Waals surface area contributed by atoms with Gasteiger partial charge >= 0.3 is 0 Å². The molecule has 16 heavy (non-hydrogen) atoms. The maximum absolute atomic E-state index is 11.7. The van der Waals surface area contributed by atoms with Crippen molar-refractivity contribution in [1.29, 1.82) is 0 Å². The van der Waals surface area contributed by atoms with E-state index in [1.54, 1.807) is 11.3 Å². The molecule has 0 saturated heterocycles. The highest BCUT2D eigenvalue weighted by Crippen LogP contribution is 2.23. The van der Waals surface area contributed by atoms with E-state index in [0.717, 1.165) is 15.8 Å². The Morgan fingerprint density at radius 3 is 2.94 bits per heavy atom. The molecule has 90 valence electrons. The third-order valence-corrected chi connectivity index (χ3v) is 5.15. The van der Waals surface area contributed by atoms with Gasteiger partial charge in [0.2, 0.25) is 5.91 Å². The SMILES string of the molecule is CCCNC(=O)C[S@@](=O)Cc1sccc1Br. The van der Waals surface area contributed by atoms with E-state index in [-0.39, 0.29) is 11.7 Å². The Morgan fingerprint density at radius 1 is 1.62 bits per heavy atom. The van der Waals surface area contributed by atoms with Crippen molar-refractivity contribution in [1.82, 2.24) is 5.32 Å². The molecule has 1 heterocycles. The maximum atomic E-state index is 11.7. The van der Waals surface area contributed by atoms with Gasteiger partial charge in [0.25, 0.3) is 0 Å². The number of carbonyl (C=O) groups is 1. The van der Waals surface area contributed by atoms with E-state index in [9.17, 15) is 9.00 Å².